The van der Waals surface area contributed by atoms with E-state index < -0.39 is 22.1 Å². The Bertz CT molecular complexity index is 2600. The molecule has 4 saturated carbocycles. The molecule has 19 nitrogen and oxygen atoms in total. The minimum absolute atomic E-state index is 0. The molecule has 0 aromatic carbocycles. The molecule has 0 bridgehead atoms. The summed E-state index contributed by atoms with van der Waals surface area (Å²) in [5, 5.41) is 30.5. The summed E-state index contributed by atoms with van der Waals surface area (Å²) in [4.78, 5) is 42.7. The van der Waals surface area contributed by atoms with Gasteiger partial charge in [0.2, 0.25) is 0 Å². The number of hydrogen-bond acceptors (Lipinski definition) is 15. The van der Waals surface area contributed by atoms with E-state index in [-0.39, 0.29) is 25.6 Å². The van der Waals surface area contributed by atoms with Crippen molar-refractivity contribution in [1.29, 1.82) is 5.26 Å². The van der Waals surface area contributed by atoms with Crippen LogP contribution in [0.15, 0.2) is 48.9 Å². The van der Waals surface area contributed by atoms with Gasteiger partial charge in [0.15, 0.2) is 11.3 Å². The number of esters is 1. The van der Waals surface area contributed by atoms with Crippen LogP contribution in [-0.4, -0.2) is 112 Å². The summed E-state index contributed by atoms with van der Waals surface area (Å²) in [5.74, 6) is 4.30. The molecule has 6 N–H and O–H groups in total. The number of fused-ring (bicyclic) bond motifs is 2. The van der Waals surface area contributed by atoms with Crippen molar-refractivity contribution in [2.24, 2.45) is 23.7 Å². The second-order valence-electron chi connectivity index (χ2n) is 25.5. The highest BCUT2D eigenvalue weighted by molar-refractivity contribution is 6.76. The number of aliphatic carboxylic acids is 1. The van der Waals surface area contributed by atoms with E-state index in [1.54, 1.807) is 23.0 Å². The summed E-state index contributed by atoms with van der Waals surface area (Å²) in [5.41, 5.74) is 15.2. The van der Waals surface area contributed by atoms with Gasteiger partial charge in [-0.25, -0.2) is 9.97 Å². The highest BCUT2D eigenvalue weighted by Crippen LogP contribution is 2.31. The lowest BCUT2D eigenvalue weighted by Gasteiger charge is -2.27. The van der Waals surface area contributed by atoms with E-state index >= 15 is 0 Å². The van der Waals surface area contributed by atoms with Crippen LogP contribution in [0.5, 0.6) is 0 Å². The number of nitrogens with one attached hydrogen (secondary N) is 1. The molecule has 470 valence electrons. The number of carboxylic acids is 1. The number of nitrogen functional groups attached to an aromatic ring is 2. The molecule has 4 fully saturated rings. The first-order chi connectivity index (χ1) is 39.7. The first-order valence-electron chi connectivity index (χ1n) is 30.9. The summed E-state index contributed by atoms with van der Waals surface area (Å²) in [7, 11) is -0.787. The lowest BCUT2D eigenvalue weighted by Crippen LogP contribution is -2.33. The molecular formula is C63H108N12O7Si2. The summed E-state index contributed by atoms with van der Waals surface area (Å²) >= 11 is 0. The van der Waals surface area contributed by atoms with Crippen LogP contribution in [0, 0.1) is 35.0 Å². The van der Waals surface area contributed by atoms with E-state index in [9.17, 15) is 9.59 Å². The van der Waals surface area contributed by atoms with E-state index in [1.165, 1.54) is 141 Å². The number of carbonyl (C=O) groups is 3. The molecule has 0 atom stereocenters. The minimum atomic E-state index is -1.13. The van der Waals surface area contributed by atoms with Crippen molar-refractivity contribution in [2.45, 2.75) is 226 Å². The number of ether oxygens (including phenoxy) is 3. The number of nitrogens with two attached hydrogens (primary N) is 2. The Hall–Kier alpha value is -5.70. The molecule has 0 spiro atoms. The van der Waals surface area contributed by atoms with Crippen LogP contribution in [0.4, 0.5) is 17.5 Å². The predicted molar refractivity (Wildman–Crippen MR) is 344 cm³/mol. The van der Waals surface area contributed by atoms with Crippen molar-refractivity contribution < 1.29 is 33.7 Å². The van der Waals surface area contributed by atoms with Gasteiger partial charge < -0.3 is 35.7 Å². The number of hydrogen-bond donors (Lipinski definition) is 4. The summed E-state index contributed by atoms with van der Waals surface area (Å²) in [6.07, 6.45) is 34.9. The van der Waals surface area contributed by atoms with E-state index in [4.69, 9.17) is 41.1 Å². The normalized spacial score (nSPS) is 16.0. The largest absolute Gasteiger partial charge is 0.481 e. The summed E-state index contributed by atoms with van der Waals surface area (Å²) in [6.45, 7) is 18.0. The highest BCUT2D eigenvalue weighted by Gasteiger charge is 2.22. The molecule has 0 unspecified atom stereocenters. The van der Waals surface area contributed by atoms with Crippen molar-refractivity contribution in [3.05, 3.63) is 60.3 Å². The maximum absolute atomic E-state index is 11.1. The van der Waals surface area contributed by atoms with Crippen LogP contribution >= 0.6 is 0 Å². The van der Waals surface area contributed by atoms with Gasteiger partial charge in [-0.3, -0.25) is 19.5 Å². The molecule has 9 rings (SSSR count). The van der Waals surface area contributed by atoms with Crippen LogP contribution < -0.4 is 16.4 Å². The molecule has 4 aliphatic rings. The molecule has 21 heteroatoms. The second-order valence-corrected chi connectivity index (χ2v) is 36.8. The van der Waals surface area contributed by atoms with Gasteiger partial charge in [0.05, 0.1) is 38.2 Å². The minimum Gasteiger partial charge on any atom is -0.481 e. The SMILES string of the molecule is C.CC(=O)O.COC(=O)CC1CCCCC1.C[Si](C)(C)CCOCN(COCC[Si](C)(C)C)c1cc(CC2CCCCC2)nc2ccnn12.N#CCC(=O)CC1CCCCC1.Nc1cc(CC2CCCCC2)nc2ccnn12.Nc1ccn[nH]1. The maximum atomic E-state index is 11.1. The third kappa shape index (κ3) is 30.9. The highest BCUT2D eigenvalue weighted by atomic mass is 28.3. The molecule has 5 aromatic rings. The van der Waals surface area contributed by atoms with Gasteiger partial charge in [0.25, 0.3) is 5.97 Å². The van der Waals surface area contributed by atoms with Crippen molar-refractivity contribution in [2.75, 3.05) is 50.2 Å². The van der Waals surface area contributed by atoms with Crippen LogP contribution in [0.1, 0.15) is 173 Å². The van der Waals surface area contributed by atoms with Crippen LogP contribution in [0.2, 0.25) is 51.4 Å². The first-order valence-corrected chi connectivity index (χ1v) is 38.4. The van der Waals surface area contributed by atoms with Gasteiger partial charge in [-0.1, -0.05) is 162 Å². The predicted octanol–water partition coefficient (Wildman–Crippen LogP) is 14.0. The standard InChI is InChI=1S/C25H46N4O2Si2.C13H18N4.C10H15NO.C9H16O2.C3H5N3.C2H4O2.CH4/c1-32(2,3)16-14-30-20-28(21-31-15-17-33(4,5)6)25-19-23(18-22-10-8-7-9-11-22)27-24-12-13-26-29(24)25;14-12-9-11(8-10-4-2-1-3-5-10)16-13-6-7-15-17(12)13;11-7-6-10(12)8-9-4-2-1-3-5-9;1-11-9(10)7-8-5-3-2-4-6-8;4-3-1-2-5-6-3;1-2(3)4;/h12-13,19,22H,7-11,14-18,20-21H2,1-6H3;6-7,9-10H,1-5,8,14H2;9H,1-6,8H2;8H,2-7H2,1H3;1-2H,(H3,4,5,6);1H3,(H,3,4);1H4. The lowest BCUT2D eigenvalue weighted by atomic mass is 9.85. The number of carbonyl (C=O) groups excluding carboxylic acids is 2. The number of H-pyrrole nitrogens is 1. The zero-order chi connectivity index (χ0) is 60.5. The van der Waals surface area contributed by atoms with Gasteiger partial charge in [0.1, 0.15) is 36.7 Å². The number of nitrogens with zero attached hydrogens (tertiary/aromatic N) is 9. The molecular weight excluding hydrogens is 1090 g/mol. The number of carboxylic acid groups (broad SMARTS) is 1. The van der Waals surface area contributed by atoms with Gasteiger partial charge in [-0.05, 0) is 67.5 Å². The molecule has 0 aliphatic heterocycles. The fourth-order valence-corrected chi connectivity index (χ4v) is 12.4. The molecule has 0 amide bonds. The Labute approximate surface area is 505 Å². The van der Waals surface area contributed by atoms with Crippen molar-refractivity contribution >= 4 is 62.6 Å². The van der Waals surface area contributed by atoms with Crippen LogP contribution in [0.3, 0.4) is 0 Å². The number of Topliss-reactive ketones (excluding diaryl/α,β-unsaturated/α-hetero) is 1. The van der Waals surface area contributed by atoms with Crippen LogP contribution in [0.25, 0.3) is 11.3 Å². The fraction of sp³-hybridized carbons (Fsp3) is 0.698. The molecule has 5 heterocycles. The maximum Gasteiger partial charge on any atom is 0.305 e. The monoisotopic (exact) mass is 1200 g/mol. The van der Waals surface area contributed by atoms with E-state index in [1.807, 2.05) is 35.0 Å². The van der Waals surface area contributed by atoms with Crippen molar-refractivity contribution in [3.63, 3.8) is 0 Å². The lowest BCUT2D eigenvalue weighted by molar-refractivity contribution is -0.142. The molecule has 4 aliphatic carbocycles. The van der Waals surface area contributed by atoms with Gasteiger partial charge in [0, 0.05) is 84.8 Å². The summed E-state index contributed by atoms with van der Waals surface area (Å²) in [6, 6.07) is 14.0. The number of anilines is 3. The molecule has 0 saturated heterocycles. The van der Waals surface area contributed by atoms with Gasteiger partial charge in [-0.2, -0.15) is 29.6 Å². The Morgan fingerprint density at radius 1 is 0.667 bits per heavy atom. The number of nitriles is 1. The van der Waals surface area contributed by atoms with Crippen molar-refractivity contribution in [3.8, 4) is 6.07 Å². The number of methoxy groups -OCH3 is 1. The first kappa shape index (κ1) is 72.6. The van der Waals surface area contributed by atoms with Gasteiger partial charge in [-0.15, -0.1) is 0 Å². The van der Waals surface area contributed by atoms with E-state index in [2.05, 4.69) is 80.4 Å². The smallest absolute Gasteiger partial charge is 0.305 e. The zero-order valence-electron chi connectivity index (χ0n) is 51.9. The third-order valence-corrected chi connectivity index (χ3v) is 18.9. The van der Waals surface area contributed by atoms with E-state index in [0.29, 0.717) is 49.8 Å². The Morgan fingerprint density at radius 2 is 1.10 bits per heavy atom. The topological polar surface area (TPSA) is 267 Å². The number of aromatic nitrogens is 8. The zero-order valence-corrected chi connectivity index (χ0v) is 53.9. The average Bonchev–Trinajstić information content (AvgIpc) is 3.75. The van der Waals surface area contributed by atoms with Crippen LogP contribution in [-0.2, 0) is 41.4 Å². The molecule has 84 heavy (non-hydrogen) atoms. The fourth-order valence-electron chi connectivity index (χ4n) is 10.9. The Morgan fingerprint density at radius 3 is 1.50 bits per heavy atom. The molecule has 0 radical (unpaired) electrons. The van der Waals surface area contributed by atoms with Gasteiger partial charge >= 0.3 is 5.97 Å². The van der Waals surface area contributed by atoms with E-state index in [0.717, 1.165) is 79.7 Å². The number of aromatic amines is 1. The second kappa shape index (κ2) is 39.8. The Balaban J connectivity index is 0.000000301. The third-order valence-electron chi connectivity index (χ3n) is 15.5. The number of ketones is 1. The Kier molecular flexibility index (Phi) is 34.4. The summed E-state index contributed by atoms with van der Waals surface area (Å²) < 4.78 is 20.6. The number of rotatable bonds is 20. The van der Waals surface area contributed by atoms with Crippen molar-refractivity contribution in [1.82, 2.24) is 39.4 Å². The molecule has 5 aromatic heterocycles. The average molecular weight is 1200 g/mol. The quantitative estimate of drug-likeness (QED) is 0.0244.